The average Bonchev–Trinajstić information content (AvgIpc) is 2.38. The molecule has 2 aromatic rings. The summed E-state index contributed by atoms with van der Waals surface area (Å²) in [6.07, 6.45) is 1.64. The van der Waals surface area contributed by atoms with Crippen LogP contribution in [0.2, 0.25) is 10.0 Å². The van der Waals surface area contributed by atoms with Crippen molar-refractivity contribution >= 4 is 41.0 Å². The fourth-order valence-corrected chi connectivity index (χ4v) is 1.92. The highest BCUT2D eigenvalue weighted by Gasteiger charge is 2.00. The largest absolute Gasteiger partial charge is 0.366 e. The summed E-state index contributed by atoms with van der Waals surface area (Å²) in [5.74, 6) is -0.462. The van der Waals surface area contributed by atoms with Crippen LogP contribution in [0.25, 0.3) is 0 Å². The fourth-order valence-electron chi connectivity index (χ4n) is 1.46. The van der Waals surface area contributed by atoms with Crippen LogP contribution in [0, 0.1) is 0 Å². The fraction of sp³-hybridized carbons (Fsp3) is 0. The lowest BCUT2D eigenvalue weighted by Gasteiger charge is -1.99. The van der Waals surface area contributed by atoms with Gasteiger partial charge in [0.25, 0.3) is 0 Å². The molecule has 5 heteroatoms. The van der Waals surface area contributed by atoms with Crippen LogP contribution in [-0.4, -0.2) is 12.1 Å². The molecule has 0 atom stereocenters. The van der Waals surface area contributed by atoms with Crippen LogP contribution in [0.5, 0.6) is 0 Å². The molecule has 0 spiro atoms. The van der Waals surface area contributed by atoms with Gasteiger partial charge in [0.05, 0.1) is 10.7 Å². The van der Waals surface area contributed by atoms with E-state index in [0.29, 0.717) is 21.3 Å². The van der Waals surface area contributed by atoms with Gasteiger partial charge in [0.15, 0.2) is 0 Å². The van der Waals surface area contributed by atoms with Crippen molar-refractivity contribution in [2.24, 2.45) is 10.7 Å². The maximum absolute atomic E-state index is 10.9. The second kappa shape index (κ2) is 5.87. The second-order valence-corrected chi connectivity index (χ2v) is 4.68. The van der Waals surface area contributed by atoms with E-state index in [1.165, 1.54) is 0 Å². The van der Waals surface area contributed by atoms with Crippen LogP contribution in [0.3, 0.4) is 0 Å². The molecule has 2 rings (SSSR count). The number of carbonyl (C=O) groups is 1. The number of halogens is 2. The summed E-state index contributed by atoms with van der Waals surface area (Å²) in [4.78, 5) is 15.2. The first-order chi connectivity index (χ1) is 9.06. The number of nitrogens with zero attached hydrogens (tertiary/aromatic N) is 1. The molecule has 0 aromatic heterocycles. The van der Waals surface area contributed by atoms with E-state index in [2.05, 4.69) is 4.99 Å². The zero-order valence-electron chi connectivity index (χ0n) is 9.81. The van der Waals surface area contributed by atoms with Gasteiger partial charge < -0.3 is 5.73 Å². The molecular weight excluding hydrogens is 283 g/mol. The normalized spacial score (nSPS) is 10.8. The number of nitrogens with two attached hydrogens (primary N) is 1. The van der Waals surface area contributed by atoms with Gasteiger partial charge in [-0.2, -0.15) is 0 Å². The summed E-state index contributed by atoms with van der Waals surface area (Å²) in [5.41, 5.74) is 7.08. The van der Waals surface area contributed by atoms with E-state index in [0.717, 1.165) is 5.56 Å². The molecule has 19 heavy (non-hydrogen) atoms. The minimum atomic E-state index is -0.462. The highest BCUT2D eigenvalue weighted by molar-refractivity contribution is 6.36. The number of carbonyl (C=O) groups excluding carboxylic acids is 1. The molecule has 3 nitrogen and oxygen atoms in total. The zero-order chi connectivity index (χ0) is 13.8. The van der Waals surface area contributed by atoms with E-state index >= 15 is 0 Å². The van der Waals surface area contributed by atoms with E-state index in [-0.39, 0.29) is 0 Å². The van der Waals surface area contributed by atoms with Crippen molar-refractivity contribution in [3.8, 4) is 0 Å². The van der Waals surface area contributed by atoms with Crippen LogP contribution in [0.15, 0.2) is 47.5 Å². The summed E-state index contributed by atoms with van der Waals surface area (Å²) in [6, 6.07) is 11.8. The van der Waals surface area contributed by atoms with Crippen LogP contribution in [0.1, 0.15) is 15.9 Å². The number of aliphatic imine (C=N–C) groups is 1. The number of amides is 1. The predicted molar refractivity (Wildman–Crippen MR) is 78.7 cm³/mol. The minimum absolute atomic E-state index is 0.448. The van der Waals surface area contributed by atoms with Gasteiger partial charge in [-0.15, -0.1) is 0 Å². The van der Waals surface area contributed by atoms with Gasteiger partial charge in [-0.3, -0.25) is 9.79 Å². The third-order valence-corrected chi connectivity index (χ3v) is 3.03. The Morgan fingerprint density at radius 3 is 2.37 bits per heavy atom. The minimum Gasteiger partial charge on any atom is -0.366 e. The first-order valence-electron chi connectivity index (χ1n) is 5.45. The number of hydrogen-bond donors (Lipinski definition) is 1. The van der Waals surface area contributed by atoms with Crippen molar-refractivity contribution in [1.29, 1.82) is 0 Å². The lowest BCUT2D eigenvalue weighted by Crippen LogP contribution is -2.10. The molecule has 1 amide bonds. The zero-order valence-corrected chi connectivity index (χ0v) is 11.3. The van der Waals surface area contributed by atoms with Gasteiger partial charge in [-0.25, -0.2) is 0 Å². The maximum atomic E-state index is 10.9. The van der Waals surface area contributed by atoms with Crippen molar-refractivity contribution in [3.05, 3.63) is 63.6 Å². The Balaban J connectivity index is 2.20. The molecule has 0 unspecified atom stereocenters. The number of rotatable bonds is 3. The van der Waals surface area contributed by atoms with E-state index in [1.54, 1.807) is 48.7 Å². The number of primary amides is 1. The van der Waals surface area contributed by atoms with Crippen LogP contribution < -0.4 is 5.73 Å². The smallest absolute Gasteiger partial charge is 0.248 e. The second-order valence-electron chi connectivity index (χ2n) is 3.84. The Kier molecular flexibility index (Phi) is 4.20. The van der Waals surface area contributed by atoms with E-state index in [1.807, 2.05) is 0 Å². The van der Waals surface area contributed by atoms with Crippen molar-refractivity contribution in [2.75, 3.05) is 0 Å². The van der Waals surface area contributed by atoms with E-state index in [9.17, 15) is 4.79 Å². The van der Waals surface area contributed by atoms with Crippen molar-refractivity contribution in [2.45, 2.75) is 0 Å². The third-order valence-electron chi connectivity index (χ3n) is 2.47. The molecule has 2 aromatic carbocycles. The van der Waals surface area contributed by atoms with E-state index < -0.39 is 5.91 Å². The van der Waals surface area contributed by atoms with E-state index in [4.69, 9.17) is 28.9 Å². The lowest BCUT2D eigenvalue weighted by molar-refractivity contribution is 0.100. The van der Waals surface area contributed by atoms with Crippen LogP contribution in [-0.2, 0) is 0 Å². The molecule has 0 aliphatic heterocycles. The van der Waals surface area contributed by atoms with Gasteiger partial charge in [0.1, 0.15) is 0 Å². The molecule has 0 radical (unpaired) electrons. The monoisotopic (exact) mass is 292 g/mol. The van der Waals surface area contributed by atoms with Crippen molar-refractivity contribution < 1.29 is 4.79 Å². The molecule has 0 fully saturated rings. The summed E-state index contributed by atoms with van der Waals surface area (Å²) >= 11 is 11.8. The van der Waals surface area contributed by atoms with Crippen LogP contribution >= 0.6 is 23.2 Å². The molecule has 0 saturated heterocycles. The maximum Gasteiger partial charge on any atom is 0.248 e. The Bertz CT molecular complexity index is 636. The summed E-state index contributed by atoms with van der Waals surface area (Å²) < 4.78 is 0. The van der Waals surface area contributed by atoms with Crippen molar-refractivity contribution in [3.63, 3.8) is 0 Å². The summed E-state index contributed by atoms with van der Waals surface area (Å²) in [6.45, 7) is 0. The SMILES string of the molecule is NC(=O)c1ccc(N=Cc2ccc(Cl)cc2Cl)cc1. The molecular formula is C14H10Cl2N2O. The lowest BCUT2D eigenvalue weighted by atomic mass is 10.2. The number of benzene rings is 2. The van der Waals surface area contributed by atoms with Gasteiger partial charge in [0.2, 0.25) is 5.91 Å². The standard InChI is InChI=1S/C14H10Cl2N2O/c15-11-4-1-10(13(16)7-11)8-18-12-5-2-9(3-6-12)14(17)19/h1-8H,(H2,17,19). The Labute approximate surface area is 120 Å². The Morgan fingerprint density at radius 1 is 1.11 bits per heavy atom. The molecule has 0 saturated carbocycles. The first kappa shape index (κ1) is 13.6. The molecule has 2 N–H and O–H groups in total. The summed E-state index contributed by atoms with van der Waals surface area (Å²) in [7, 11) is 0. The molecule has 0 bridgehead atoms. The highest BCUT2D eigenvalue weighted by Crippen LogP contribution is 2.20. The molecule has 0 aliphatic rings. The Hall–Kier alpha value is -1.84. The quantitative estimate of drug-likeness (QED) is 0.859. The van der Waals surface area contributed by atoms with Crippen molar-refractivity contribution in [1.82, 2.24) is 0 Å². The topological polar surface area (TPSA) is 55.5 Å². The first-order valence-corrected chi connectivity index (χ1v) is 6.21. The Morgan fingerprint density at radius 2 is 1.79 bits per heavy atom. The molecule has 0 heterocycles. The van der Waals surface area contributed by atoms with Gasteiger partial charge in [-0.05, 0) is 36.4 Å². The predicted octanol–water partition coefficient (Wildman–Crippen LogP) is 3.84. The van der Waals surface area contributed by atoms with Gasteiger partial charge in [-0.1, -0.05) is 29.3 Å². The summed E-state index contributed by atoms with van der Waals surface area (Å²) in [5, 5.41) is 1.11. The highest BCUT2D eigenvalue weighted by atomic mass is 35.5. The average molecular weight is 293 g/mol. The number of hydrogen-bond acceptors (Lipinski definition) is 2. The van der Waals surface area contributed by atoms with Gasteiger partial charge >= 0.3 is 0 Å². The van der Waals surface area contributed by atoms with Gasteiger partial charge in [0, 0.05) is 22.4 Å². The molecule has 96 valence electrons. The third kappa shape index (κ3) is 3.56. The van der Waals surface area contributed by atoms with Crippen LogP contribution in [0.4, 0.5) is 5.69 Å². The molecule has 0 aliphatic carbocycles.